The number of carbonyl (C=O) groups is 2. The van der Waals surface area contributed by atoms with Crippen LogP contribution in [0.15, 0.2) is 16.5 Å². The number of likely N-dealkylation sites (tertiary alicyclic amines) is 1. The van der Waals surface area contributed by atoms with Gasteiger partial charge in [-0.1, -0.05) is 25.2 Å². The van der Waals surface area contributed by atoms with Crippen LogP contribution in [0.1, 0.15) is 64.8 Å². The van der Waals surface area contributed by atoms with Gasteiger partial charge in [-0.3, -0.25) is 19.8 Å². The zero-order valence-electron chi connectivity index (χ0n) is 15.1. The van der Waals surface area contributed by atoms with Crippen LogP contribution >= 0.6 is 11.3 Å². The zero-order chi connectivity index (χ0) is 18.3. The second-order valence-corrected chi connectivity index (χ2v) is 8.94. The monoisotopic (exact) mass is 373 g/mol. The maximum absolute atomic E-state index is 12.4. The SMILES string of the molecule is CC1(C)CC(=O)c2sc(NC(=O)c3ccc(CN4CCCC4)o3)nc2C1. The molecule has 4 rings (SSSR count). The minimum atomic E-state index is -0.324. The molecule has 1 aliphatic heterocycles. The number of thiazole rings is 1. The molecule has 138 valence electrons. The number of furan rings is 1. The first-order valence-corrected chi connectivity index (χ1v) is 9.87. The first kappa shape index (κ1) is 17.4. The molecule has 26 heavy (non-hydrogen) atoms. The van der Waals surface area contributed by atoms with E-state index in [1.807, 2.05) is 6.07 Å². The molecular weight excluding hydrogens is 350 g/mol. The van der Waals surface area contributed by atoms with E-state index in [-0.39, 0.29) is 22.9 Å². The Morgan fingerprint density at radius 1 is 1.31 bits per heavy atom. The molecule has 6 nitrogen and oxygen atoms in total. The van der Waals surface area contributed by atoms with E-state index < -0.39 is 0 Å². The molecule has 0 spiro atoms. The molecule has 1 N–H and O–H groups in total. The van der Waals surface area contributed by atoms with Crippen LogP contribution in [0.25, 0.3) is 0 Å². The van der Waals surface area contributed by atoms with Crippen LogP contribution in [0.5, 0.6) is 0 Å². The highest BCUT2D eigenvalue weighted by Crippen LogP contribution is 2.38. The van der Waals surface area contributed by atoms with Crippen molar-refractivity contribution in [3.63, 3.8) is 0 Å². The molecule has 0 aromatic carbocycles. The van der Waals surface area contributed by atoms with Crippen molar-refractivity contribution in [2.75, 3.05) is 18.4 Å². The summed E-state index contributed by atoms with van der Waals surface area (Å²) in [4.78, 5) is 32.2. The summed E-state index contributed by atoms with van der Waals surface area (Å²) >= 11 is 1.26. The predicted octanol–water partition coefficient (Wildman–Crippen LogP) is 3.74. The van der Waals surface area contributed by atoms with E-state index in [1.165, 1.54) is 24.2 Å². The molecule has 0 bridgehead atoms. The van der Waals surface area contributed by atoms with Gasteiger partial charge in [0.2, 0.25) is 0 Å². The van der Waals surface area contributed by atoms with Crippen LogP contribution < -0.4 is 5.32 Å². The Hall–Kier alpha value is -1.99. The van der Waals surface area contributed by atoms with Crippen LogP contribution in [0, 0.1) is 5.41 Å². The van der Waals surface area contributed by atoms with E-state index >= 15 is 0 Å². The van der Waals surface area contributed by atoms with E-state index in [0.717, 1.165) is 37.5 Å². The van der Waals surface area contributed by atoms with Crippen molar-refractivity contribution >= 4 is 28.2 Å². The number of anilines is 1. The van der Waals surface area contributed by atoms with Gasteiger partial charge in [-0.25, -0.2) is 4.98 Å². The Morgan fingerprint density at radius 3 is 2.85 bits per heavy atom. The van der Waals surface area contributed by atoms with Crippen LogP contribution in [-0.4, -0.2) is 34.7 Å². The summed E-state index contributed by atoms with van der Waals surface area (Å²) in [5.41, 5.74) is 0.714. The first-order valence-electron chi connectivity index (χ1n) is 9.05. The second-order valence-electron chi connectivity index (χ2n) is 7.94. The van der Waals surface area contributed by atoms with Gasteiger partial charge in [0, 0.05) is 6.42 Å². The Labute approximate surface area is 156 Å². The van der Waals surface area contributed by atoms with Crippen molar-refractivity contribution in [1.82, 2.24) is 9.88 Å². The number of amides is 1. The fourth-order valence-electron chi connectivity index (χ4n) is 3.68. The summed E-state index contributed by atoms with van der Waals surface area (Å²) in [6.07, 6.45) is 3.71. The average Bonchev–Trinajstić information content (AvgIpc) is 3.27. The zero-order valence-corrected chi connectivity index (χ0v) is 15.9. The van der Waals surface area contributed by atoms with Gasteiger partial charge in [-0.2, -0.15) is 0 Å². The summed E-state index contributed by atoms with van der Waals surface area (Å²) in [6.45, 7) is 7.03. The number of nitrogens with one attached hydrogen (secondary N) is 1. The number of ketones is 1. The molecule has 1 fully saturated rings. The van der Waals surface area contributed by atoms with Crippen molar-refractivity contribution in [1.29, 1.82) is 0 Å². The van der Waals surface area contributed by atoms with Gasteiger partial charge in [-0.15, -0.1) is 0 Å². The maximum atomic E-state index is 12.4. The van der Waals surface area contributed by atoms with Gasteiger partial charge in [0.1, 0.15) is 5.76 Å². The highest BCUT2D eigenvalue weighted by Gasteiger charge is 2.34. The number of hydrogen-bond acceptors (Lipinski definition) is 6. The molecule has 2 aromatic heterocycles. The highest BCUT2D eigenvalue weighted by atomic mass is 32.1. The number of nitrogens with zero attached hydrogens (tertiary/aromatic N) is 2. The van der Waals surface area contributed by atoms with Gasteiger partial charge in [0.05, 0.1) is 17.1 Å². The summed E-state index contributed by atoms with van der Waals surface area (Å²) in [5, 5.41) is 3.24. The van der Waals surface area contributed by atoms with Crippen LogP contribution in [0.3, 0.4) is 0 Å². The number of carbonyl (C=O) groups excluding carboxylic acids is 2. The van der Waals surface area contributed by atoms with Gasteiger partial charge < -0.3 is 4.42 Å². The average molecular weight is 373 g/mol. The number of aromatic nitrogens is 1. The molecule has 1 aliphatic carbocycles. The minimum absolute atomic E-state index is 0.0785. The standard InChI is InChI=1S/C19H23N3O3S/c1-19(2)9-13-16(14(23)10-19)26-18(20-13)21-17(24)15-6-5-12(25-15)11-22-7-3-4-8-22/h5-6H,3-4,7-11H2,1-2H3,(H,20,21,24). The Balaban J connectivity index is 1.44. The molecule has 2 aromatic rings. The minimum Gasteiger partial charge on any atom is -0.455 e. The predicted molar refractivity (Wildman–Crippen MR) is 99.7 cm³/mol. The van der Waals surface area contributed by atoms with Gasteiger partial charge >= 0.3 is 0 Å². The van der Waals surface area contributed by atoms with E-state index in [9.17, 15) is 9.59 Å². The molecule has 2 aliphatic rings. The summed E-state index contributed by atoms with van der Waals surface area (Å²) in [6, 6.07) is 3.55. The third-order valence-corrected chi connectivity index (χ3v) is 5.97. The van der Waals surface area contributed by atoms with Crippen molar-refractivity contribution in [3.8, 4) is 0 Å². The fourth-order valence-corrected chi connectivity index (χ4v) is 4.59. The smallest absolute Gasteiger partial charge is 0.293 e. The van der Waals surface area contributed by atoms with E-state index in [1.54, 1.807) is 6.07 Å². The van der Waals surface area contributed by atoms with Gasteiger partial charge in [-0.05, 0) is 49.9 Å². The molecule has 3 heterocycles. The number of Topliss-reactive ketones (excluding diaryl/α,β-unsaturated/α-hetero) is 1. The lowest BCUT2D eigenvalue weighted by Crippen LogP contribution is -2.26. The van der Waals surface area contributed by atoms with E-state index in [4.69, 9.17) is 4.42 Å². The summed E-state index contributed by atoms with van der Waals surface area (Å²) in [7, 11) is 0. The lowest BCUT2D eigenvalue weighted by atomic mass is 9.78. The van der Waals surface area contributed by atoms with Crippen LogP contribution in [0.4, 0.5) is 5.13 Å². The third kappa shape index (κ3) is 3.59. The summed E-state index contributed by atoms with van der Waals surface area (Å²) in [5.74, 6) is 0.863. The first-order chi connectivity index (χ1) is 12.4. The normalized spacial score (nSPS) is 19.5. The molecule has 0 saturated carbocycles. The lowest BCUT2D eigenvalue weighted by molar-refractivity contribution is 0.0915. The Kier molecular flexibility index (Phi) is 4.44. The largest absolute Gasteiger partial charge is 0.455 e. The quantitative estimate of drug-likeness (QED) is 0.884. The topological polar surface area (TPSA) is 75.4 Å². The molecule has 0 radical (unpaired) electrons. The molecule has 1 saturated heterocycles. The van der Waals surface area contributed by atoms with E-state index in [0.29, 0.717) is 16.4 Å². The Bertz CT molecular complexity index is 846. The highest BCUT2D eigenvalue weighted by molar-refractivity contribution is 7.17. The molecule has 1 amide bonds. The third-order valence-electron chi connectivity index (χ3n) is 4.92. The van der Waals surface area contributed by atoms with Crippen molar-refractivity contribution < 1.29 is 14.0 Å². The fraction of sp³-hybridized carbons (Fsp3) is 0.526. The number of rotatable bonds is 4. The molecule has 0 unspecified atom stereocenters. The second kappa shape index (κ2) is 6.63. The van der Waals surface area contributed by atoms with Gasteiger partial charge in [0.15, 0.2) is 16.7 Å². The lowest BCUT2D eigenvalue weighted by Gasteiger charge is -2.26. The van der Waals surface area contributed by atoms with E-state index in [2.05, 4.69) is 29.0 Å². The number of fused-ring (bicyclic) bond motifs is 1. The van der Waals surface area contributed by atoms with Crippen LogP contribution in [0.2, 0.25) is 0 Å². The Morgan fingerprint density at radius 2 is 2.08 bits per heavy atom. The number of hydrogen-bond donors (Lipinski definition) is 1. The molecule has 0 atom stereocenters. The van der Waals surface area contributed by atoms with Gasteiger partial charge in [0.25, 0.3) is 5.91 Å². The van der Waals surface area contributed by atoms with Crippen molar-refractivity contribution in [2.24, 2.45) is 5.41 Å². The molecular formula is C19H23N3O3S. The maximum Gasteiger partial charge on any atom is 0.293 e. The summed E-state index contributed by atoms with van der Waals surface area (Å²) < 4.78 is 5.69. The molecule has 7 heteroatoms. The van der Waals surface area contributed by atoms with Crippen molar-refractivity contribution in [2.45, 2.75) is 46.1 Å². The van der Waals surface area contributed by atoms with Crippen molar-refractivity contribution in [3.05, 3.63) is 34.2 Å². The van der Waals surface area contributed by atoms with Crippen LogP contribution in [-0.2, 0) is 13.0 Å².